The molecule has 1 saturated carbocycles. The minimum Gasteiger partial charge on any atom is -0.490 e. The number of rotatable bonds is 5. The van der Waals surface area contributed by atoms with Crippen LogP contribution in [0.2, 0.25) is 0 Å². The first-order valence-corrected chi connectivity index (χ1v) is 6.61. The van der Waals surface area contributed by atoms with Crippen LogP contribution in [-0.4, -0.2) is 31.3 Å². The van der Waals surface area contributed by atoms with Crippen LogP contribution in [0.25, 0.3) is 0 Å². The van der Waals surface area contributed by atoms with Gasteiger partial charge in [-0.25, -0.2) is 0 Å². The summed E-state index contributed by atoms with van der Waals surface area (Å²) in [6.07, 6.45) is 6.86. The molecule has 2 atom stereocenters. The Morgan fingerprint density at radius 1 is 1.39 bits per heavy atom. The maximum Gasteiger partial charge on any atom is 0.123 e. The lowest BCUT2D eigenvalue weighted by molar-refractivity contribution is 0.0209. The summed E-state index contributed by atoms with van der Waals surface area (Å²) in [5.74, 6) is 0.914. The number of ether oxygens (including phenoxy) is 2. The van der Waals surface area contributed by atoms with Crippen molar-refractivity contribution in [3.05, 3.63) is 24.0 Å². The zero-order valence-corrected chi connectivity index (χ0v) is 11.2. The highest BCUT2D eigenvalue weighted by molar-refractivity contribution is 5.23. The summed E-state index contributed by atoms with van der Waals surface area (Å²) < 4.78 is 11.4. The molecule has 0 amide bonds. The normalized spacial score (nSPS) is 23.9. The molecular weight excluding hydrogens is 228 g/mol. The van der Waals surface area contributed by atoms with E-state index in [0.717, 1.165) is 37.3 Å². The molecule has 0 spiro atoms. The van der Waals surface area contributed by atoms with E-state index in [1.807, 2.05) is 19.2 Å². The van der Waals surface area contributed by atoms with E-state index in [-0.39, 0.29) is 6.10 Å². The zero-order chi connectivity index (χ0) is 12.8. The lowest BCUT2D eigenvalue weighted by Crippen LogP contribution is -2.29. The summed E-state index contributed by atoms with van der Waals surface area (Å²) in [4.78, 5) is 4.29. The number of hydrogen-bond acceptors (Lipinski definition) is 4. The van der Waals surface area contributed by atoms with Crippen molar-refractivity contribution in [1.29, 1.82) is 0 Å². The number of nitrogens with zero attached hydrogens (tertiary/aromatic N) is 1. The van der Waals surface area contributed by atoms with Crippen LogP contribution in [0.3, 0.4) is 0 Å². The van der Waals surface area contributed by atoms with Gasteiger partial charge < -0.3 is 14.8 Å². The van der Waals surface area contributed by atoms with Gasteiger partial charge in [0.1, 0.15) is 11.9 Å². The predicted molar refractivity (Wildman–Crippen MR) is 70.7 cm³/mol. The molecule has 4 heteroatoms. The first-order chi connectivity index (χ1) is 8.81. The molecule has 18 heavy (non-hydrogen) atoms. The van der Waals surface area contributed by atoms with Crippen molar-refractivity contribution in [3.63, 3.8) is 0 Å². The van der Waals surface area contributed by atoms with E-state index in [9.17, 15) is 0 Å². The van der Waals surface area contributed by atoms with Crippen LogP contribution in [0.5, 0.6) is 5.75 Å². The van der Waals surface area contributed by atoms with Crippen LogP contribution < -0.4 is 10.1 Å². The van der Waals surface area contributed by atoms with Gasteiger partial charge in [0.05, 0.1) is 11.8 Å². The van der Waals surface area contributed by atoms with Crippen molar-refractivity contribution in [2.24, 2.45) is 0 Å². The van der Waals surface area contributed by atoms with E-state index in [2.05, 4.69) is 10.3 Å². The van der Waals surface area contributed by atoms with Gasteiger partial charge in [-0.15, -0.1) is 0 Å². The molecular formula is C14H22N2O2. The lowest BCUT2D eigenvalue weighted by Gasteiger charge is -2.28. The predicted octanol–water partition coefficient (Wildman–Crippen LogP) is 2.14. The molecule has 1 aromatic rings. The van der Waals surface area contributed by atoms with Crippen LogP contribution >= 0.6 is 0 Å². The average Bonchev–Trinajstić information content (AvgIpc) is 2.40. The number of aromatic nitrogens is 1. The van der Waals surface area contributed by atoms with Gasteiger partial charge in [0, 0.05) is 32.3 Å². The molecule has 2 unspecified atom stereocenters. The van der Waals surface area contributed by atoms with E-state index in [1.165, 1.54) is 6.42 Å². The largest absolute Gasteiger partial charge is 0.490 e. The highest BCUT2D eigenvalue weighted by Crippen LogP contribution is 2.25. The second-order valence-corrected chi connectivity index (χ2v) is 4.78. The molecule has 1 aliphatic rings. The maximum atomic E-state index is 6.03. The van der Waals surface area contributed by atoms with E-state index in [4.69, 9.17) is 9.47 Å². The SMILES string of the molecule is CNCc1cc(OC2CCCC(OC)C2)ccn1. The molecule has 1 N–H and O–H groups in total. The van der Waals surface area contributed by atoms with E-state index < -0.39 is 0 Å². The van der Waals surface area contributed by atoms with Gasteiger partial charge in [-0.1, -0.05) is 0 Å². The van der Waals surface area contributed by atoms with Crippen molar-refractivity contribution in [1.82, 2.24) is 10.3 Å². The number of methoxy groups -OCH3 is 1. The Bertz CT molecular complexity index is 371. The molecule has 0 aliphatic heterocycles. The molecule has 100 valence electrons. The third-order valence-electron chi connectivity index (χ3n) is 3.36. The monoisotopic (exact) mass is 250 g/mol. The highest BCUT2D eigenvalue weighted by Gasteiger charge is 2.23. The second-order valence-electron chi connectivity index (χ2n) is 4.78. The molecule has 1 aromatic heterocycles. The van der Waals surface area contributed by atoms with Gasteiger partial charge in [0.15, 0.2) is 0 Å². The zero-order valence-electron chi connectivity index (χ0n) is 11.2. The molecule has 2 rings (SSSR count). The summed E-state index contributed by atoms with van der Waals surface area (Å²) in [5, 5.41) is 3.09. The van der Waals surface area contributed by atoms with Gasteiger partial charge in [0.2, 0.25) is 0 Å². The number of pyridine rings is 1. The Morgan fingerprint density at radius 3 is 3.00 bits per heavy atom. The van der Waals surface area contributed by atoms with Gasteiger partial charge >= 0.3 is 0 Å². The van der Waals surface area contributed by atoms with Crippen LogP contribution in [0.15, 0.2) is 18.3 Å². The molecule has 4 nitrogen and oxygen atoms in total. The lowest BCUT2D eigenvalue weighted by atomic mass is 9.95. The number of nitrogens with one attached hydrogen (secondary N) is 1. The quantitative estimate of drug-likeness (QED) is 0.869. The average molecular weight is 250 g/mol. The molecule has 0 bridgehead atoms. The summed E-state index contributed by atoms with van der Waals surface area (Å²) >= 11 is 0. The standard InChI is InChI=1S/C14H22N2O2/c1-15-10-11-8-14(6-7-16-11)18-13-5-3-4-12(9-13)17-2/h6-8,12-13,15H,3-5,9-10H2,1-2H3. The molecule has 1 aliphatic carbocycles. The van der Waals surface area contributed by atoms with Crippen molar-refractivity contribution < 1.29 is 9.47 Å². The first kappa shape index (κ1) is 13.3. The fourth-order valence-electron chi connectivity index (χ4n) is 2.42. The minimum atomic E-state index is 0.272. The molecule has 1 fully saturated rings. The van der Waals surface area contributed by atoms with Gasteiger partial charge in [-0.3, -0.25) is 4.98 Å². The van der Waals surface area contributed by atoms with Crippen LogP contribution in [0.4, 0.5) is 0 Å². The van der Waals surface area contributed by atoms with Crippen molar-refractivity contribution in [2.75, 3.05) is 14.2 Å². The third kappa shape index (κ3) is 3.68. The summed E-state index contributed by atoms with van der Waals surface area (Å²) in [6, 6.07) is 3.93. The third-order valence-corrected chi connectivity index (χ3v) is 3.36. The minimum absolute atomic E-state index is 0.272. The Kier molecular flexibility index (Phi) is 4.96. The fourth-order valence-corrected chi connectivity index (χ4v) is 2.42. The molecule has 0 aromatic carbocycles. The smallest absolute Gasteiger partial charge is 0.123 e. The Morgan fingerprint density at radius 2 is 2.22 bits per heavy atom. The molecule has 1 heterocycles. The Labute approximate surface area is 109 Å². The summed E-state index contributed by atoms with van der Waals surface area (Å²) in [7, 11) is 3.70. The van der Waals surface area contributed by atoms with E-state index >= 15 is 0 Å². The Balaban J connectivity index is 1.93. The summed E-state index contributed by atoms with van der Waals surface area (Å²) in [5.41, 5.74) is 1.01. The number of hydrogen-bond donors (Lipinski definition) is 1. The maximum absolute atomic E-state index is 6.03. The van der Waals surface area contributed by atoms with E-state index in [1.54, 1.807) is 13.3 Å². The second kappa shape index (κ2) is 6.71. The van der Waals surface area contributed by atoms with Crippen molar-refractivity contribution in [3.8, 4) is 5.75 Å². The fraction of sp³-hybridized carbons (Fsp3) is 0.643. The van der Waals surface area contributed by atoms with Crippen molar-refractivity contribution >= 4 is 0 Å². The van der Waals surface area contributed by atoms with Crippen LogP contribution in [0.1, 0.15) is 31.4 Å². The summed E-state index contributed by atoms with van der Waals surface area (Å²) in [6.45, 7) is 0.766. The molecule has 0 radical (unpaired) electrons. The van der Waals surface area contributed by atoms with Gasteiger partial charge in [-0.2, -0.15) is 0 Å². The topological polar surface area (TPSA) is 43.4 Å². The molecule has 0 saturated heterocycles. The first-order valence-electron chi connectivity index (χ1n) is 6.61. The highest BCUT2D eigenvalue weighted by atomic mass is 16.5. The Hall–Kier alpha value is -1.13. The van der Waals surface area contributed by atoms with Crippen LogP contribution in [0, 0.1) is 0 Å². The van der Waals surface area contributed by atoms with Crippen molar-refractivity contribution in [2.45, 2.75) is 44.4 Å². The van der Waals surface area contributed by atoms with Gasteiger partial charge in [0.25, 0.3) is 0 Å². The van der Waals surface area contributed by atoms with Crippen LogP contribution in [-0.2, 0) is 11.3 Å². The van der Waals surface area contributed by atoms with Gasteiger partial charge in [-0.05, 0) is 32.4 Å². The van der Waals surface area contributed by atoms with E-state index in [0.29, 0.717) is 6.10 Å².